The molecular formula is C11H13NO. The molecule has 0 aliphatic heterocycles. The van der Waals surface area contributed by atoms with E-state index in [9.17, 15) is 0 Å². The van der Waals surface area contributed by atoms with Gasteiger partial charge in [-0.1, -0.05) is 6.07 Å². The fraction of sp³-hybridized carbons (Fsp3) is 0.364. The maximum absolute atomic E-state index is 5.16. The molecule has 1 aliphatic rings. The van der Waals surface area contributed by atoms with Crippen LogP contribution in [0.25, 0.3) is 0 Å². The van der Waals surface area contributed by atoms with Crippen LogP contribution in [0.15, 0.2) is 23.2 Å². The minimum absolute atomic E-state index is 0.306. The normalized spacial score (nSPS) is 19.6. The summed E-state index contributed by atoms with van der Waals surface area (Å²) in [5.41, 5.74) is 2.67. The van der Waals surface area contributed by atoms with E-state index in [1.807, 2.05) is 6.07 Å². The quantitative estimate of drug-likeness (QED) is 0.632. The SMILES string of the molecule is C=NC1CCc2cc(OC)ccc21. The monoisotopic (exact) mass is 175 g/mol. The molecule has 0 bridgehead atoms. The first kappa shape index (κ1) is 8.30. The Morgan fingerprint density at radius 3 is 3.08 bits per heavy atom. The van der Waals surface area contributed by atoms with Gasteiger partial charge in [0.25, 0.3) is 0 Å². The van der Waals surface area contributed by atoms with Crippen molar-refractivity contribution in [2.24, 2.45) is 4.99 Å². The Balaban J connectivity index is 2.40. The molecule has 2 rings (SSSR count). The van der Waals surface area contributed by atoms with Gasteiger partial charge in [-0.25, -0.2) is 0 Å². The van der Waals surface area contributed by atoms with Crippen molar-refractivity contribution in [2.45, 2.75) is 18.9 Å². The van der Waals surface area contributed by atoms with Gasteiger partial charge >= 0.3 is 0 Å². The molecule has 1 unspecified atom stereocenters. The van der Waals surface area contributed by atoms with Crippen LogP contribution >= 0.6 is 0 Å². The molecule has 1 aromatic rings. The summed E-state index contributed by atoms with van der Waals surface area (Å²) in [6.07, 6.45) is 2.18. The van der Waals surface area contributed by atoms with Gasteiger partial charge in [0.2, 0.25) is 0 Å². The van der Waals surface area contributed by atoms with Crippen LogP contribution in [0.5, 0.6) is 5.75 Å². The Morgan fingerprint density at radius 1 is 1.54 bits per heavy atom. The first-order chi connectivity index (χ1) is 6.35. The van der Waals surface area contributed by atoms with Crippen LogP contribution < -0.4 is 4.74 Å². The predicted molar refractivity (Wildman–Crippen MR) is 53.6 cm³/mol. The molecule has 1 aliphatic carbocycles. The second kappa shape index (κ2) is 3.21. The average Bonchev–Trinajstić information content (AvgIpc) is 2.59. The third-order valence-electron chi connectivity index (χ3n) is 2.62. The predicted octanol–water partition coefficient (Wildman–Crippen LogP) is 2.38. The Bertz CT molecular complexity index is 333. The van der Waals surface area contributed by atoms with Crippen molar-refractivity contribution in [3.63, 3.8) is 0 Å². The van der Waals surface area contributed by atoms with Crippen LogP contribution in [0.3, 0.4) is 0 Å². The number of benzene rings is 1. The number of rotatable bonds is 2. The van der Waals surface area contributed by atoms with Crippen LogP contribution in [0.4, 0.5) is 0 Å². The Morgan fingerprint density at radius 2 is 2.38 bits per heavy atom. The first-order valence-corrected chi connectivity index (χ1v) is 4.48. The van der Waals surface area contributed by atoms with Crippen molar-refractivity contribution < 1.29 is 4.74 Å². The number of hydrogen-bond acceptors (Lipinski definition) is 2. The van der Waals surface area contributed by atoms with Gasteiger partial charge in [0.1, 0.15) is 5.75 Å². The standard InChI is InChI=1S/C11H13NO/c1-12-11-6-3-8-7-9(13-2)4-5-10(8)11/h4-5,7,11H,1,3,6H2,2H3. The first-order valence-electron chi connectivity index (χ1n) is 4.48. The molecule has 2 heteroatoms. The number of methoxy groups -OCH3 is 1. The van der Waals surface area contributed by atoms with Crippen LogP contribution in [0.2, 0.25) is 0 Å². The van der Waals surface area contributed by atoms with E-state index in [0.29, 0.717) is 6.04 Å². The van der Waals surface area contributed by atoms with Gasteiger partial charge in [0.15, 0.2) is 0 Å². The summed E-state index contributed by atoms with van der Waals surface area (Å²) in [4.78, 5) is 4.09. The highest BCUT2D eigenvalue weighted by molar-refractivity contribution is 5.42. The lowest BCUT2D eigenvalue weighted by Crippen LogP contribution is -1.89. The lowest BCUT2D eigenvalue weighted by atomic mass is 10.1. The van der Waals surface area contributed by atoms with Gasteiger partial charge in [0.05, 0.1) is 13.2 Å². The molecule has 0 spiro atoms. The maximum Gasteiger partial charge on any atom is 0.119 e. The van der Waals surface area contributed by atoms with Crippen LogP contribution in [0.1, 0.15) is 23.6 Å². The van der Waals surface area contributed by atoms with Crippen LogP contribution in [-0.2, 0) is 6.42 Å². The fourth-order valence-electron chi connectivity index (χ4n) is 1.89. The molecule has 68 valence electrons. The van der Waals surface area contributed by atoms with E-state index in [0.717, 1.165) is 18.6 Å². The van der Waals surface area contributed by atoms with Gasteiger partial charge in [-0.05, 0) is 42.8 Å². The highest BCUT2D eigenvalue weighted by Gasteiger charge is 2.20. The highest BCUT2D eigenvalue weighted by atomic mass is 16.5. The second-order valence-electron chi connectivity index (χ2n) is 3.30. The number of nitrogens with zero attached hydrogens (tertiary/aromatic N) is 1. The molecule has 0 saturated heterocycles. The zero-order chi connectivity index (χ0) is 9.26. The number of ether oxygens (including phenoxy) is 1. The third kappa shape index (κ3) is 1.32. The van der Waals surface area contributed by atoms with Crippen LogP contribution in [0, 0.1) is 0 Å². The molecule has 0 radical (unpaired) electrons. The number of aliphatic imine (C=N–C) groups is 1. The lowest BCUT2D eigenvalue weighted by molar-refractivity contribution is 0.414. The van der Waals surface area contributed by atoms with Gasteiger partial charge in [-0.3, -0.25) is 4.99 Å². The molecule has 1 aromatic carbocycles. The Labute approximate surface area is 78.3 Å². The van der Waals surface area contributed by atoms with Gasteiger partial charge in [-0.2, -0.15) is 0 Å². The summed E-state index contributed by atoms with van der Waals surface area (Å²) in [5, 5.41) is 0. The molecule has 0 amide bonds. The molecule has 0 heterocycles. The molecule has 1 atom stereocenters. The summed E-state index contributed by atoms with van der Waals surface area (Å²) in [5.74, 6) is 0.934. The van der Waals surface area contributed by atoms with Crippen molar-refractivity contribution in [2.75, 3.05) is 7.11 Å². The highest BCUT2D eigenvalue weighted by Crippen LogP contribution is 2.35. The largest absolute Gasteiger partial charge is 0.497 e. The molecule has 0 fully saturated rings. The lowest BCUT2D eigenvalue weighted by Gasteiger charge is -2.06. The van der Waals surface area contributed by atoms with E-state index < -0.39 is 0 Å². The van der Waals surface area contributed by atoms with Gasteiger partial charge in [0, 0.05) is 0 Å². The van der Waals surface area contributed by atoms with Crippen molar-refractivity contribution in [1.29, 1.82) is 0 Å². The third-order valence-corrected chi connectivity index (χ3v) is 2.62. The number of fused-ring (bicyclic) bond motifs is 1. The summed E-state index contributed by atoms with van der Waals surface area (Å²) in [7, 11) is 1.69. The van der Waals surface area contributed by atoms with Gasteiger partial charge in [-0.15, -0.1) is 0 Å². The van der Waals surface area contributed by atoms with E-state index in [1.54, 1.807) is 7.11 Å². The summed E-state index contributed by atoms with van der Waals surface area (Å²) in [6, 6.07) is 6.49. The minimum atomic E-state index is 0.306. The summed E-state index contributed by atoms with van der Waals surface area (Å²) in [6.45, 7) is 3.60. The van der Waals surface area contributed by atoms with Crippen molar-refractivity contribution in [3.05, 3.63) is 29.3 Å². The molecule has 2 nitrogen and oxygen atoms in total. The minimum Gasteiger partial charge on any atom is -0.497 e. The van der Waals surface area contributed by atoms with Gasteiger partial charge < -0.3 is 4.74 Å². The van der Waals surface area contributed by atoms with Crippen LogP contribution in [-0.4, -0.2) is 13.8 Å². The second-order valence-corrected chi connectivity index (χ2v) is 3.30. The van der Waals surface area contributed by atoms with E-state index in [2.05, 4.69) is 23.8 Å². The topological polar surface area (TPSA) is 21.6 Å². The molecular weight excluding hydrogens is 162 g/mol. The number of aryl methyl sites for hydroxylation is 1. The smallest absolute Gasteiger partial charge is 0.119 e. The van der Waals surface area contributed by atoms with E-state index in [-0.39, 0.29) is 0 Å². The molecule has 0 aromatic heterocycles. The molecule has 13 heavy (non-hydrogen) atoms. The van der Waals surface area contributed by atoms with E-state index in [4.69, 9.17) is 4.74 Å². The van der Waals surface area contributed by atoms with Crippen molar-refractivity contribution in [3.8, 4) is 5.75 Å². The zero-order valence-corrected chi connectivity index (χ0v) is 7.79. The Kier molecular flexibility index (Phi) is 2.05. The zero-order valence-electron chi connectivity index (χ0n) is 7.79. The summed E-state index contributed by atoms with van der Waals surface area (Å²) < 4.78 is 5.16. The van der Waals surface area contributed by atoms with Crippen molar-refractivity contribution in [1.82, 2.24) is 0 Å². The fourth-order valence-corrected chi connectivity index (χ4v) is 1.89. The van der Waals surface area contributed by atoms with Crippen molar-refractivity contribution >= 4 is 6.72 Å². The summed E-state index contributed by atoms with van der Waals surface area (Å²) >= 11 is 0. The number of hydrogen-bond donors (Lipinski definition) is 0. The molecule has 0 N–H and O–H groups in total. The Hall–Kier alpha value is -1.31. The van der Waals surface area contributed by atoms with E-state index in [1.165, 1.54) is 11.1 Å². The average molecular weight is 175 g/mol. The maximum atomic E-state index is 5.16. The van der Waals surface area contributed by atoms with E-state index >= 15 is 0 Å². The molecule has 0 saturated carbocycles.